The summed E-state index contributed by atoms with van der Waals surface area (Å²) in [6.07, 6.45) is 4.51. The molecule has 31 heavy (non-hydrogen) atoms. The smallest absolute Gasteiger partial charge is 0.209 e. The van der Waals surface area contributed by atoms with E-state index in [4.69, 9.17) is 18.6 Å². The minimum Gasteiger partial charge on any atom is -0.372 e. The average molecular weight is 448 g/mol. The lowest BCUT2D eigenvalue weighted by atomic mass is 9.81. The zero-order valence-corrected chi connectivity index (χ0v) is 19.8. The molecule has 0 spiro atoms. The van der Waals surface area contributed by atoms with Gasteiger partial charge in [-0.05, 0) is 64.5 Å². The van der Waals surface area contributed by atoms with E-state index in [2.05, 4.69) is 106 Å². The zero-order chi connectivity index (χ0) is 23.4. The van der Waals surface area contributed by atoms with Crippen LogP contribution in [0.5, 0.6) is 0 Å². The van der Waals surface area contributed by atoms with Crippen molar-refractivity contribution >= 4 is 23.2 Å². The molecule has 6 nitrogen and oxygen atoms in total. The van der Waals surface area contributed by atoms with E-state index < -0.39 is 10.2 Å². The van der Waals surface area contributed by atoms with Crippen molar-refractivity contribution in [1.29, 1.82) is 0 Å². The highest BCUT2D eigenvalue weighted by atomic mass is 35.7. The molecule has 0 bridgehead atoms. The Balaban J connectivity index is 0.000000614. The number of allylic oxidation sites excluding steroid dienone is 1. The van der Waals surface area contributed by atoms with Crippen LogP contribution in [-0.4, -0.2) is 35.1 Å². The number of hydrogen-bond acceptors (Lipinski definition) is 5. The number of benzene rings is 2. The lowest BCUT2D eigenvalue weighted by molar-refractivity contribution is -1.92. The summed E-state index contributed by atoms with van der Waals surface area (Å²) >= 11 is 0. The van der Waals surface area contributed by atoms with Gasteiger partial charge in [-0.1, -0.05) is 23.8 Å². The Labute approximate surface area is 187 Å². The van der Waals surface area contributed by atoms with Crippen LogP contribution in [0.3, 0.4) is 0 Å². The van der Waals surface area contributed by atoms with E-state index in [1.807, 2.05) is 0 Å². The van der Waals surface area contributed by atoms with Gasteiger partial charge >= 0.3 is 0 Å². The first-order chi connectivity index (χ1) is 14.4. The van der Waals surface area contributed by atoms with Gasteiger partial charge in [0.15, 0.2) is 5.71 Å². The summed E-state index contributed by atoms with van der Waals surface area (Å²) in [6.45, 7) is 13.3. The molecule has 0 aromatic heterocycles. The normalized spacial score (nSPS) is 15.0. The summed E-state index contributed by atoms with van der Waals surface area (Å²) < 4.78 is 35.1. The maximum absolute atomic E-state index is 8.60. The van der Waals surface area contributed by atoms with E-state index >= 15 is 0 Å². The summed E-state index contributed by atoms with van der Waals surface area (Å²) in [6, 6.07) is 15.6. The van der Waals surface area contributed by atoms with Crippen LogP contribution in [0.4, 0.5) is 11.4 Å². The second kappa shape index (κ2) is 9.94. The summed E-state index contributed by atoms with van der Waals surface area (Å²) in [4.78, 5) is 2.37. The maximum atomic E-state index is 8.60. The fourth-order valence-electron chi connectivity index (χ4n) is 4.01. The largest absolute Gasteiger partial charge is 0.372 e. The van der Waals surface area contributed by atoms with Crippen molar-refractivity contribution in [1.82, 2.24) is 0 Å². The van der Waals surface area contributed by atoms with Gasteiger partial charge in [-0.15, -0.1) is 0 Å². The molecule has 1 aliphatic rings. The lowest BCUT2D eigenvalue weighted by Crippen LogP contribution is -2.58. The van der Waals surface area contributed by atoms with Crippen LogP contribution in [-0.2, 0) is 5.41 Å². The summed E-state index contributed by atoms with van der Waals surface area (Å²) in [5.74, 6) is 0. The zero-order valence-electron chi connectivity index (χ0n) is 19.1. The monoisotopic (exact) mass is 447 g/mol. The third-order valence-corrected chi connectivity index (χ3v) is 5.64. The first-order valence-electron chi connectivity index (χ1n) is 10.3. The van der Waals surface area contributed by atoms with Crippen LogP contribution >= 0.6 is 0 Å². The predicted octanol–water partition coefficient (Wildman–Crippen LogP) is 1.44. The Morgan fingerprint density at radius 3 is 2.06 bits per heavy atom. The molecule has 3 rings (SSSR count). The fraction of sp³-hybridized carbons (Fsp3) is 0.375. The van der Waals surface area contributed by atoms with Crippen LogP contribution < -0.4 is 18.9 Å². The van der Waals surface area contributed by atoms with Crippen LogP contribution in [0, 0.1) is 17.2 Å². The molecule has 168 valence electrons. The summed E-state index contributed by atoms with van der Waals surface area (Å²) in [5.41, 5.74) is 7.95. The van der Waals surface area contributed by atoms with Gasteiger partial charge in [-0.25, -0.2) is 0 Å². The third-order valence-electron chi connectivity index (χ3n) is 5.64. The van der Waals surface area contributed by atoms with E-state index in [0.29, 0.717) is 0 Å². The Morgan fingerprint density at radius 2 is 1.55 bits per heavy atom. The highest BCUT2D eigenvalue weighted by Crippen LogP contribution is 2.39. The summed E-state index contributed by atoms with van der Waals surface area (Å²) in [5, 5.41) is 0. The van der Waals surface area contributed by atoms with Crippen molar-refractivity contribution in [2.45, 2.75) is 40.0 Å². The topological polar surface area (TPSA) is 95.7 Å². The second-order valence-electron chi connectivity index (χ2n) is 8.08. The molecule has 1 N–H and O–H groups in total. The van der Waals surface area contributed by atoms with Crippen molar-refractivity contribution in [3.8, 4) is 0 Å². The molecule has 1 heterocycles. The van der Waals surface area contributed by atoms with E-state index in [0.717, 1.165) is 13.1 Å². The molecule has 0 atom stereocenters. The molecule has 0 fully saturated rings. The molecular formula is C24H32ClN2O4+. The molecule has 0 saturated carbocycles. The molecule has 0 saturated heterocycles. The van der Waals surface area contributed by atoms with Gasteiger partial charge < -0.3 is 4.90 Å². The quantitative estimate of drug-likeness (QED) is 0.699. The first-order valence-corrected chi connectivity index (χ1v) is 11.5. The second-order valence-corrected chi connectivity index (χ2v) is 8.88. The van der Waals surface area contributed by atoms with Crippen LogP contribution in [0.15, 0.2) is 48.5 Å². The molecule has 0 aliphatic carbocycles. The van der Waals surface area contributed by atoms with Gasteiger partial charge in [-0.3, -0.25) is 0 Å². The molecule has 7 heteroatoms. The van der Waals surface area contributed by atoms with Crippen molar-refractivity contribution in [2.75, 3.05) is 25.0 Å². The number of fused-ring (bicyclic) bond motifs is 1. The van der Waals surface area contributed by atoms with Gasteiger partial charge in [-0.2, -0.15) is 18.6 Å². The summed E-state index contributed by atoms with van der Waals surface area (Å²) in [7, 11) is -2.52. The third kappa shape index (κ3) is 6.38. The van der Waals surface area contributed by atoms with Gasteiger partial charge in [0, 0.05) is 36.5 Å². The van der Waals surface area contributed by atoms with Crippen LogP contribution in [0.25, 0.3) is 6.08 Å². The highest BCUT2D eigenvalue weighted by molar-refractivity contribution is 6.05. The molecule has 0 amide bonds. The number of hydrogen-bond donors (Lipinski definition) is 1. The average Bonchev–Trinajstić information content (AvgIpc) is 2.86. The van der Waals surface area contributed by atoms with Crippen LogP contribution in [0.2, 0.25) is 0 Å². The van der Waals surface area contributed by atoms with E-state index in [-0.39, 0.29) is 5.41 Å². The van der Waals surface area contributed by atoms with Gasteiger partial charge in [0.25, 0.3) is 0 Å². The Kier molecular flexibility index (Phi) is 8.03. The van der Waals surface area contributed by atoms with Gasteiger partial charge in [0.05, 0.1) is 20.3 Å². The van der Waals surface area contributed by atoms with Crippen molar-refractivity contribution in [3.05, 3.63) is 65.2 Å². The van der Waals surface area contributed by atoms with Gasteiger partial charge in [0.1, 0.15) is 7.05 Å². The molecule has 2 aromatic rings. The molecular weight excluding hydrogens is 416 g/mol. The Morgan fingerprint density at radius 1 is 1.00 bits per heavy atom. The fourth-order valence-corrected chi connectivity index (χ4v) is 4.01. The van der Waals surface area contributed by atoms with E-state index in [1.165, 1.54) is 33.8 Å². The van der Waals surface area contributed by atoms with E-state index in [9.17, 15) is 0 Å². The number of anilines is 1. The number of halogens is 1. The van der Waals surface area contributed by atoms with Gasteiger partial charge in [0.2, 0.25) is 5.69 Å². The minimum atomic E-state index is -4.69. The molecule has 0 radical (unpaired) electrons. The first kappa shape index (κ1) is 25.0. The predicted molar refractivity (Wildman–Crippen MR) is 116 cm³/mol. The highest BCUT2D eigenvalue weighted by Gasteiger charge is 2.42. The van der Waals surface area contributed by atoms with Crippen molar-refractivity contribution in [3.63, 3.8) is 0 Å². The Bertz CT molecular complexity index is 951. The maximum Gasteiger partial charge on any atom is 0.209 e. The van der Waals surface area contributed by atoms with Crippen molar-refractivity contribution in [2.24, 2.45) is 0 Å². The molecule has 2 aromatic carbocycles. The van der Waals surface area contributed by atoms with Crippen LogP contribution in [0.1, 0.15) is 44.4 Å². The number of rotatable bonds is 5. The van der Waals surface area contributed by atoms with E-state index in [1.54, 1.807) is 0 Å². The molecule has 0 unspecified atom stereocenters. The Hall–Kier alpha value is -2.22. The number of aryl methyl sites for hydroxylation is 1. The minimum absolute atomic E-state index is 0.0216. The molecule has 1 aliphatic heterocycles. The standard InChI is InChI=1S/C24H31N2.ClHO4/c1-7-26(8-2)20-13-10-19(11-14-20)12-16-23-24(4,5)21-17-18(3)9-15-22(21)25(23)6;2-1(3,4)5/h9-17H,7-8H2,1-6H3;(H,2,3,4,5)/q+1;. The van der Waals surface area contributed by atoms with Crippen molar-refractivity contribution < 1.29 is 33.5 Å². The number of nitrogens with zero attached hydrogens (tertiary/aromatic N) is 2. The SMILES string of the molecule is CCN(CC)c1ccc(C=CC2=[N+](C)c3ccc(C)cc3C2(C)C)cc1.[O-][Cl+3]([O-])([O-])O. The lowest BCUT2D eigenvalue weighted by Gasteiger charge is -2.20.